The maximum Gasteiger partial charge on any atom is 0.269 e. The molecule has 0 aliphatic rings. The number of carbonyl (C=O) groups is 1. The second kappa shape index (κ2) is 6.15. The summed E-state index contributed by atoms with van der Waals surface area (Å²) in [7, 11) is 0. The van der Waals surface area contributed by atoms with Gasteiger partial charge in [-0.15, -0.1) is 0 Å². The van der Waals surface area contributed by atoms with E-state index in [1.807, 2.05) is 24.3 Å². The molecule has 0 aliphatic carbocycles. The van der Waals surface area contributed by atoms with Gasteiger partial charge in [0.05, 0.1) is 27.8 Å². The van der Waals surface area contributed by atoms with Gasteiger partial charge in [0.25, 0.3) is 5.69 Å². The first-order valence-electron chi connectivity index (χ1n) is 6.82. The molecule has 0 aliphatic heterocycles. The van der Waals surface area contributed by atoms with Crippen molar-refractivity contribution in [2.24, 2.45) is 0 Å². The molecule has 0 saturated carbocycles. The Bertz CT molecular complexity index is 918. The average molecular weight is 305 g/mol. The number of rotatable bonds is 4. The van der Waals surface area contributed by atoms with Crippen molar-refractivity contribution in [1.82, 2.24) is 9.97 Å². The van der Waals surface area contributed by atoms with Gasteiger partial charge >= 0.3 is 0 Å². The lowest BCUT2D eigenvalue weighted by atomic mass is 10.1. The van der Waals surface area contributed by atoms with Crippen molar-refractivity contribution in [2.45, 2.75) is 0 Å². The normalized spacial score (nSPS) is 11.0. The minimum absolute atomic E-state index is 0.0501. The number of benzene rings is 2. The van der Waals surface area contributed by atoms with Gasteiger partial charge in [-0.3, -0.25) is 19.9 Å². The van der Waals surface area contributed by atoms with E-state index in [9.17, 15) is 14.9 Å². The van der Waals surface area contributed by atoms with Crippen molar-refractivity contribution in [1.29, 1.82) is 0 Å². The van der Waals surface area contributed by atoms with Crippen LogP contribution in [0.4, 0.5) is 5.69 Å². The number of allylic oxidation sites excluding steroid dienone is 1. The molecule has 0 spiro atoms. The van der Waals surface area contributed by atoms with Gasteiger partial charge in [0, 0.05) is 17.7 Å². The number of nitro benzene ring substituents is 1. The summed E-state index contributed by atoms with van der Waals surface area (Å²) in [6.07, 6.45) is 4.53. The van der Waals surface area contributed by atoms with E-state index in [0.29, 0.717) is 11.3 Å². The molecule has 2 aromatic carbocycles. The van der Waals surface area contributed by atoms with E-state index in [2.05, 4.69) is 9.97 Å². The fourth-order valence-corrected chi connectivity index (χ4v) is 2.06. The van der Waals surface area contributed by atoms with Crippen LogP contribution >= 0.6 is 0 Å². The minimum atomic E-state index is -0.505. The van der Waals surface area contributed by atoms with Crippen molar-refractivity contribution >= 4 is 28.6 Å². The van der Waals surface area contributed by atoms with Crippen molar-refractivity contribution in [3.05, 3.63) is 82.2 Å². The first-order chi connectivity index (χ1) is 11.1. The maximum atomic E-state index is 12.1. The summed E-state index contributed by atoms with van der Waals surface area (Å²) in [5.74, 6) is -0.255. The Labute approximate surface area is 131 Å². The number of fused-ring (bicyclic) bond motifs is 1. The monoisotopic (exact) mass is 305 g/mol. The molecule has 0 atom stereocenters. The number of hydrogen-bond acceptors (Lipinski definition) is 5. The summed E-state index contributed by atoms with van der Waals surface area (Å²) in [5, 5.41) is 10.6. The van der Waals surface area contributed by atoms with Gasteiger partial charge in [-0.2, -0.15) is 0 Å². The molecule has 6 nitrogen and oxygen atoms in total. The quantitative estimate of drug-likeness (QED) is 0.319. The van der Waals surface area contributed by atoms with Crippen LogP contribution in [0.25, 0.3) is 17.1 Å². The van der Waals surface area contributed by atoms with E-state index < -0.39 is 4.92 Å². The predicted molar refractivity (Wildman–Crippen MR) is 86.0 cm³/mol. The zero-order valence-corrected chi connectivity index (χ0v) is 11.9. The van der Waals surface area contributed by atoms with Gasteiger partial charge in [0.15, 0.2) is 5.78 Å². The van der Waals surface area contributed by atoms with Crippen LogP contribution in [0.5, 0.6) is 0 Å². The van der Waals surface area contributed by atoms with E-state index in [4.69, 9.17) is 0 Å². The highest BCUT2D eigenvalue weighted by molar-refractivity contribution is 6.06. The van der Waals surface area contributed by atoms with E-state index in [0.717, 1.165) is 11.0 Å². The van der Waals surface area contributed by atoms with Crippen LogP contribution in [-0.2, 0) is 0 Å². The molecular formula is C17H11N3O3. The van der Waals surface area contributed by atoms with Crippen molar-refractivity contribution in [3.63, 3.8) is 0 Å². The molecule has 3 aromatic rings. The van der Waals surface area contributed by atoms with Gasteiger partial charge in [-0.1, -0.05) is 12.1 Å². The second-order valence-electron chi connectivity index (χ2n) is 4.79. The van der Waals surface area contributed by atoms with Crippen molar-refractivity contribution < 1.29 is 9.72 Å². The number of aromatic nitrogens is 2. The lowest BCUT2D eigenvalue weighted by Gasteiger charge is -1.98. The fourth-order valence-electron chi connectivity index (χ4n) is 2.06. The largest absolute Gasteiger partial charge is 0.289 e. The summed E-state index contributed by atoms with van der Waals surface area (Å²) >= 11 is 0. The third kappa shape index (κ3) is 3.26. The molecular weight excluding hydrogens is 294 g/mol. The van der Waals surface area contributed by atoms with Crippen LogP contribution in [0, 0.1) is 10.1 Å². The molecule has 0 unspecified atom stereocenters. The van der Waals surface area contributed by atoms with Crippen LogP contribution < -0.4 is 0 Å². The van der Waals surface area contributed by atoms with Gasteiger partial charge in [-0.05, 0) is 36.4 Å². The Morgan fingerprint density at radius 3 is 2.43 bits per heavy atom. The van der Waals surface area contributed by atoms with Crippen LogP contribution in [0.2, 0.25) is 0 Å². The number of carbonyl (C=O) groups excluding carboxylic acids is 1. The smallest absolute Gasteiger partial charge is 0.269 e. The molecule has 6 heteroatoms. The molecule has 0 saturated heterocycles. The Morgan fingerprint density at radius 1 is 1.04 bits per heavy atom. The summed E-state index contributed by atoms with van der Waals surface area (Å²) in [5.41, 5.74) is 2.43. The Balaban J connectivity index is 1.80. The number of nitrogens with zero attached hydrogens (tertiary/aromatic N) is 3. The third-order valence-corrected chi connectivity index (χ3v) is 3.24. The molecule has 0 bridgehead atoms. The summed E-state index contributed by atoms with van der Waals surface area (Å²) < 4.78 is 0. The van der Waals surface area contributed by atoms with Gasteiger partial charge < -0.3 is 0 Å². The average Bonchev–Trinajstić information content (AvgIpc) is 2.59. The molecule has 0 fully saturated rings. The first kappa shape index (κ1) is 14.5. The van der Waals surface area contributed by atoms with Crippen molar-refractivity contribution in [2.75, 3.05) is 0 Å². The van der Waals surface area contributed by atoms with E-state index >= 15 is 0 Å². The van der Waals surface area contributed by atoms with E-state index in [1.165, 1.54) is 30.3 Å². The van der Waals surface area contributed by atoms with Crippen LogP contribution in [0.15, 0.2) is 60.8 Å². The van der Waals surface area contributed by atoms with Crippen LogP contribution in [0.1, 0.15) is 16.1 Å². The van der Waals surface area contributed by atoms with Crippen molar-refractivity contribution in [3.8, 4) is 0 Å². The van der Waals surface area contributed by atoms with Crippen LogP contribution in [-0.4, -0.2) is 20.7 Å². The second-order valence-corrected chi connectivity index (χ2v) is 4.79. The maximum absolute atomic E-state index is 12.1. The first-order valence-corrected chi connectivity index (χ1v) is 6.82. The molecule has 1 heterocycles. The predicted octanol–water partition coefficient (Wildman–Crippen LogP) is 3.43. The number of hydrogen-bond donors (Lipinski definition) is 0. The summed E-state index contributed by atoms with van der Waals surface area (Å²) in [6.45, 7) is 0. The molecule has 0 amide bonds. The highest BCUT2D eigenvalue weighted by Gasteiger charge is 2.07. The number of para-hydroxylation sites is 2. The Morgan fingerprint density at radius 2 is 1.74 bits per heavy atom. The van der Waals surface area contributed by atoms with E-state index in [1.54, 1.807) is 12.3 Å². The number of non-ortho nitro benzene ring substituents is 1. The van der Waals surface area contributed by atoms with Crippen LogP contribution in [0.3, 0.4) is 0 Å². The number of ketones is 1. The van der Waals surface area contributed by atoms with Gasteiger partial charge in [0.1, 0.15) is 0 Å². The molecule has 3 rings (SSSR count). The molecule has 0 radical (unpaired) electrons. The number of nitro groups is 1. The Hall–Kier alpha value is -3.41. The lowest BCUT2D eigenvalue weighted by Crippen LogP contribution is -1.95. The fraction of sp³-hybridized carbons (Fsp3) is 0. The van der Waals surface area contributed by atoms with Gasteiger partial charge in [0.2, 0.25) is 0 Å². The zero-order chi connectivity index (χ0) is 16.2. The Kier molecular flexibility index (Phi) is 3.88. The zero-order valence-electron chi connectivity index (χ0n) is 11.9. The third-order valence-electron chi connectivity index (χ3n) is 3.24. The SMILES string of the molecule is O=C(/C=C/c1cnc2ccccc2n1)c1ccc([N+](=O)[O-])cc1. The topological polar surface area (TPSA) is 86.0 Å². The summed E-state index contributed by atoms with van der Waals surface area (Å²) in [4.78, 5) is 30.8. The molecule has 1 aromatic heterocycles. The summed E-state index contributed by atoms with van der Waals surface area (Å²) in [6, 6.07) is 12.9. The minimum Gasteiger partial charge on any atom is -0.289 e. The standard InChI is InChI=1S/C17H11N3O3/c21-17(12-5-8-14(9-6-12)20(22)23)10-7-13-11-18-15-3-1-2-4-16(15)19-13/h1-11H/b10-7+. The molecule has 112 valence electrons. The lowest BCUT2D eigenvalue weighted by molar-refractivity contribution is -0.384. The molecule has 23 heavy (non-hydrogen) atoms. The highest BCUT2D eigenvalue weighted by atomic mass is 16.6. The molecule has 0 N–H and O–H groups in total. The van der Waals surface area contributed by atoms with Gasteiger partial charge in [-0.25, -0.2) is 4.98 Å². The highest BCUT2D eigenvalue weighted by Crippen LogP contribution is 2.13. The van der Waals surface area contributed by atoms with E-state index in [-0.39, 0.29) is 11.5 Å².